The second-order valence-electron chi connectivity index (χ2n) is 5.26. The van der Waals surface area contributed by atoms with Crippen LogP contribution in [0, 0.1) is 5.92 Å². The fourth-order valence-corrected chi connectivity index (χ4v) is 3.73. The number of nitrogens with zero attached hydrogens (tertiary/aromatic N) is 2. The molecule has 1 aromatic heterocycles. The quantitative estimate of drug-likeness (QED) is 0.875. The van der Waals surface area contributed by atoms with Crippen molar-refractivity contribution in [1.29, 1.82) is 0 Å². The predicted octanol–water partition coefficient (Wildman–Crippen LogP) is 0.585. The Morgan fingerprint density at radius 1 is 1.42 bits per heavy atom. The van der Waals surface area contributed by atoms with E-state index in [-0.39, 0.29) is 10.9 Å². The summed E-state index contributed by atoms with van der Waals surface area (Å²) in [5, 5.41) is 3.90. The molecule has 1 saturated carbocycles. The van der Waals surface area contributed by atoms with Gasteiger partial charge in [-0.3, -0.25) is 9.48 Å². The summed E-state index contributed by atoms with van der Waals surface area (Å²) in [5.41, 5.74) is 5.41. The summed E-state index contributed by atoms with van der Waals surface area (Å²) in [6.45, 7) is 0.712. The second-order valence-corrected chi connectivity index (χ2v) is 7.59. The molecule has 19 heavy (non-hydrogen) atoms. The van der Waals surface area contributed by atoms with Gasteiger partial charge in [-0.2, -0.15) is 5.10 Å². The first-order valence-corrected chi connectivity index (χ1v) is 8.34. The number of carbonyl (C=O) groups is 1. The van der Waals surface area contributed by atoms with Crippen LogP contribution in [0.5, 0.6) is 0 Å². The zero-order valence-electron chi connectivity index (χ0n) is 10.9. The molecule has 0 unspecified atom stereocenters. The third-order valence-corrected chi connectivity index (χ3v) is 5.42. The second kappa shape index (κ2) is 5.32. The summed E-state index contributed by atoms with van der Waals surface area (Å²) in [6.07, 6.45) is 6.24. The van der Waals surface area contributed by atoms with Gasteiger partial charge >= 0.3 is 0 Å². The summed E-state index contributed by atoms with van der Waals surface area (Å²) < 4.78 is 24.6. The van der Waals surface area contributed by atoms with Gasteiger partial charge in [0.15, 0.2) is 0 Å². The highest BCUT2D eigenvalue weighted by Gasteiger charge is 2.28. The van der Waals surface area contributed by atoms with E-state index in [1.807, 2.05) is 0 Å². The van der Waals surface area contributed by atoms with Gasteiger partial charge in [0.2, 0.25) is 0 Å². The summed E-state index contributed by atoms with van der Waals surface area (Å²) in [7, 11) is -2.91. The average Bonchev–Trinajstić information content (AvgIpc) is 2.77. The minimum atomic E-state index is -2.91. The zero-order valence-corrected chi connectivity index (χ0v) is 11.8. The number of hydrogen-bond donors (Lipinski definition) is 1. The summed E-state index contributed by atoms with van der Waals surface area (Å²) in [4.78, 5) is 10.9. The summed E-state index contributed by atoms with van der Waals surface area (Å²) in [6, 6.07) is 1.60. The zero-order chi connectivity index (χ0) is 14.0. The molecule has 0 aromatic carbocycles. The molecule has 106 valence electrons. The fraction of sp³-hybridized carbons (Fsp3) is 0.667. The molecule has 1 fully saturated rings. The van der Waals surface area contributed by atoms with E-state index in [1.54, 1.807) is 16.9 Å². The van der Waals surface area contributed by atoms with Crippen LogP contribution in [0.3, 0.4) is 0 Å². The minimum absolute atomic E-state index is 0.192. The van der Waals surface area contributed by atoms with Crippen LogP contribution in [0.25, 0.3) is 0 Å². The van der Waals surface area contributed by atoms with E-state index in [1.165, 1.54) is 6.26 Å². The highest BCUT2D eigenvalue weighted by molar-refractivity contribution is 7.91. The maximum atomic E-state index is 11.5. The maximum absolute atomic E-state index is 11.5. The molecule has 6 nitrogen and oxygen atoms in total. The Balaban J connectivity index is 1.90. The molecule has 7 heteroatoms. The van der Waals surface area contributed by atoms with Crippen LogP contribution in [0.2, 0.25) is 0 Å². The Morgan fingerprint density at radius 2 is 2.05 bits per heavy atom. The third kappa shape index (κ3) is 3.56. The lowest BCUT2D eigenvalue weighted by atomic mass is 9.89. The van der Waals surface area contributed by atoms with Gasteiger partial charge in [0, 0.05) is 19.0 Å². The van der Waals surface area contributed by atoms with Crippen molar-refractivity contribution in [3.05, 3.63) is 18.0 Å². The molecule has 1 heterocycles. The number of amides is 1. The van der Waals surface area contributed by atoms with E-state index in [9.17, 15) is 13.2 Å². The van der Waals surface area contributed by atoms with E-state index < -0.39 is 15.7 Å². The van der Waals surface area contributed by atoms with Crippen LogP contribution >= 0.6 is 0 Å². The van der Waals surface area contributed by atoms with Gasteiger partial charge in [0.25, 0.3) is 5.91 Å². The molecule has 0 spiro atoms. The molecule has 0 bridgehead atoms. The van der Waals surface area contributed by atoms with Crippen LogP contribution in [-0.2, 0) is 16.4 Å². The summed E-state index contributed by atoms with van der Waals surface area (Å²) >= 11 is 0. The van der Waals surface area contributed by atoms with Crippen molar-refractivity contribution < 1.29 is 13.2 Å². The molecule has 1 aliphatic rings. The highest BCUT2D eigenvalue weighted by Crippen LogP contribution is 2.29. The molecule has 2 N–H and O–H groups in total. The Morgan fingerprint density at radius 3 is 2.53 bits per heavy atom. The van der Waals surface area contributed by atoms with Crippen molar-refractivity contribution in [3.63, 3.8) is 0 Å². The van der Waals surface area contributed by atoms with Crippen molar-refractivity contribution in [1.82, 2.24) is 9.78 Å². The Bertz CT molecular complexity index is 557. The number of rotatable bonds is 4. The third-order valence-electron chi connectivity index (χ3n) is 3.74. The molecule has 1 aliphatic carbocycles. The molecule has 0 radical (unpaired) electrons. The molecule has 0 aliphatic heterocycles. The molecule has 2 rings (SSSR count). The van der Waals surface area contributed by atoms with Crippen LogP contribution in [0.15, 0.2) is 12.3 Å². The van der Waals surface area contributed by atoms with Crippen LogP contribution in [-0.4, -0.2) is 35.6 Å². The Kier molecular flexibility index (Phi) is 3.93. The molecular formula is C12H19N3O3S. The molecule has 0 atom stereocenters. The maximum Gasteiger partial charge on any atom is 0.269 e. The molecular weight excluding hydrogens is 266 g/mol. The molecule has 1 aromatic rings. The van der Waals surface area contributed by atoms with Gasteiger partial charge in [-0.1, -0.05) is 0 Å². The first-order valence-electron chi connectivity index (χ1n) is 6.38. The lowest BCUT2D eigenvalue weighted by Crippen LogP contribution is -2.28. The van der Waals surface area contributed by atoms with Crippen LogP contribution in [0.4, 0.5) is 0 Å². The first kappa shape index (κ1) is 14.0. The van der Waals surface area contributed by atoms with Crippen molar-refractivity contribution in [3.8, 4) is 0 Å². The standard InChI is InChI=1S/C12H19N3O3S/c1-19(17,18)10-4-2-9(3-5-10)8-15-7-6-11(14-15)12(13)16/h6-7,9-10H,2-5,8H2,1H3,(H2,13,16). The van der Waals surface area contributed by atoms with E-state index in [0.717, 1.165) is 12.8 Å². The lowest BCUT2D eigenvalue weighted by Gasteiger charge is -2.27. The lowest BCUT2D eigenvalue weighted by molar-refractivity contribution is 0.0994. The molecule has 0 saturated heterocycles. The van der Waals surface area contributed by atoms with Crippen molar-refractivity contribution in [2.45, 2.75) is 37.5 Å². The van der Waals surface area contributed by atoms with Gasteiger partial charge in [0.05, 0.1) is 5.25 Å². The number of sulfone groups is 1. The van der Waals surface area contributed by atoms with E-state index in [2.05, 4.69) is 5.10 Å². The Labute approximate surface area is 112 Å². The summed E-state index contributed by atoms with van der Waals surface area (Å²) in [5.74, 6) is -0.113. The topological polar surface area (TPSA) is 95.0 Å². The van der Waals surface area contributed by atoms with Gasteiger partial charge in [0.1, 0.15) is 15.5 Å². The van der Waals surface area contributed by atoms with Gasteiger partial charge < -0.3 is 5.73 Å². The molecule has 1 amide bonds. The number of hydrogen-bond acceptors (Lipinski definition) is 4. The minimum Gasteiger partial charge on any atom is -0.364 e. The van der Waals surface area contributed by atoms with Gasteiger partial charge in [-0.25, -0.2) is 8.42 Å². The number of primary amides is 1. The van der Waals surface area contributed by atoms with Crippen molar-refractivity contribution in [2.75, 3.05) is 6.26 Å². The van der Waals surface area contributed by atoms with Crippen molar-refractivity contribution in [2.24, 2.45) is 11.7 Å². The van der Waals surface area contributed by atoms with Crippen molar-refractivity contribution >= 4 is 15.7 Å². The largest absolute Gasteiger partial charge is 0.364 e. The van der Waals surface area contributed by atoms with Gasteiger partial charge in [-0.05, 0) is 37.7 Å². The normalized spacial score (nSPS) is 24.3. The predicted molar refractivity (Wildman–Crippen MR) is 71.3 cm³/mol. The van der Waals surface area contributed by atoms with E-state index in [0.29, 0.717) is 25.3 Å². The number of carbonyl (C=O) groups excluding carboxylic acids is 1. The monoisotopic (exact) mass is 285 g/mol. The van der Waals surface area contributed by atoms with Crippen LogP contribution in [0.1, 0.15) is 36.2 Å². The average molecular weight is 285 g/mol. The van der Waals surface area contributed by atoms with E-state index >= 15 is 0 Å². The Hall–Kier alpha value is -1.37. The fourth-order valence-electron chi connectivity index (χ4n) is 2.60. The SMILES string of the molecule is CS(=O)(=O)C1CCC(Cn2ccc(C(N)=O)n2)CC1. The van der Waals surface area contributed by atoms with Gasteiger partial charge in [-0.15, -0.1) is 0 Å². The highest BCUT2D eigenvalue weighted by atomic mass is 32.2. The smallest absolute Gasteiger partial charge is 0.269 e. The van der Waals surface area contributed by atoms with Crippen LogP contribution < -0.4 is 5.73 Å². The van der Waals surface area contributed by atoms with E-state index in [4.69, 9.17) is 5.73 Å². The number of nitrogens with two attached hydrogens (primary N) is 1. The first-order chi connectivity index (χ1) is 8.86. The number of aromatic nitrogens is 2.